The van der Waals surface area contributed by atoms with E-state index in [1.54, 1.807) is 5.01 Å². The summed E-state index contributed by atoms with van der Waals surface area (Å²) in [7, 11) is 3.80. The van der Waals surface area contributed by atoms with Crippen LogP contribution in [-0.2, 0) is 0 Å². The van der Waals surface area contributed by atoms with Crippen LogP contribution >= 0.6 is 0 Å². The van der Waals surface area contributed by atoms with Gasteiger partial charge in [-0.2, -0.15) is 5.10 Å². The average Bonchev–Trinajstić information content (AvgIpc) is 2.25. The molecule has 0 spiro atoms. The van der Waals surface area contributed by atoms with Crippen molar-refractivity contribution >= 4 is 6.21 Å². The summed E-state index contributed by atoms with van der Waals surface area (Å²) in [6, 6.07) is 0. The van der Waals surface area contributed by atoms with Gasteiger partial charge in [-0.05, 0) is 24.5 Å². The Hall–Kier alpha value is -1.49. The summed E-state index contributed by atoms with van der Waals surface area (Å²) < 4.78 is 0. The van der Waals surface area contributed by atoms with Gasteiger partial charge in [0.2, 0.25) is 0 Å². The molecule has 0 heterocycles. The lowest BCUT2D eigenvalue weighted by Gasteiger charge is -2.02. The van der Waals surface area contributed by atoms with Gasteiger partial charge in [-0.25, -0.2) is 0 Å². The lowest BCUT2D eigenvalue weighted by atomic mass is 10.2. The van der Waals surface area contributed by atoms with E-state index < -0.39 is 0 Å². The fourth-order valence-corrected chi connectivity index (χ4v) is 0.986. The fraction of sp³-hybridized carbons (Fsp3) is 0.500. The van der Waals surface area contributed by atoms with Gasteiger partial charge in [-0.15, -0.1) is 6.58 Å². The summed E-state index contributed by atoms with van der Waals surface area (Å²) in [5, 5.41) is 5.95. The fourth-order valence-electron chi connectivity index (χ4n) is 0.986. The minimum absolute atomic E-state index is 0.805. The molecule has 0 aliphatic heterocycles. The molecule has 0 amide bonds. The summed E-state index contributed by atoms with van der Waals surface area (Å²) >= 11 is 0. The summed E-state index contributed by atoms with van der Waals surface area (Å²) in [6.07, 6.45) is 9.75. The Balaban J connectivity index is 4.32. The summed E-state index contributed by atoms with van der Waals surface area (Å²) in [6.45, 7) is 5.89. The van der Waals surface area contributed by atoms with Crippen molar-refractivity contribution in [3.05, 3.63) is 24.3 Å². The Morgan fingerprint density at radius 3 is 2.75 bits per heavy atom. The van der Waals surface area contributed by atoms with Gasteiger partial charge >= 0.3 is 0 Å². The zero-order valence-corrected chi connectivity index (χ0v) is 10.7. The first-order chi connectivity index (χ1) is 7.70. The molecular weight excluding hydrogens is 196 g/mol. The molecule has 0 unspecified atom stereocenters. The van der Waals surface area contributed by atoms with Gasteiger partial charge in [0.25, 0.3) is 0 Å². The molecule has 0 radical (unpaired) electrons. The van der Waals surface area contributed by atoms with Crippen LogP contribution in [0.2, 0.25) is 0 Å². The van der Waals surface area contributed by atoms with Crippen LogP contribution in [0, 0.1) is 11.8 Å². The minimum atomic E-state index is 0.805. The topological polar surface area (TPSA) is 15.6 Å². The standard InChI is InChI=1S/C14H22N2/c1-5-7-8-9-10-12-14(11-6-2)13-15-16(3)4/h6,12-13H,2,5,7-8,11H2,1,3-4H3/b14-12-,15-13+. The van der Waals surface area contributed by atoms with Crippen molar-refractivity contribution in [2.45, 2.75) is 32.6 Å². The second kappa shape index (κ2) is 10.0. The largest absolute Gasteiger partial charge is 0.303 e. The second-order valence-corrected chi connectivity index (χ2v) is 3.73. The number of hydrogen-bond acceptors (Lipinski definition) is 2. The Morgan fingerprint density at radius 1 is 1.44 bits per heavy atom. The van der Waals surface area contributed by atoms with Crippen LogP contribution in [0.25, 0.3) is 0 Å². The van der Waals surface area contributed by atoms with Crippen LogP contribution in [0.15, 0.2) is 29.4 Å². The third kappa shape index (κ3) is 9.08. The molecule has 0 bridgehead atoms. The molecule has 0 atom stereocenters. The molecule has 0 aliphatic carbocycles. The quantitative estimate of drug-likeness (QED) is 0.220. The normalized spacial score (nSPS) is 11.1. The maximum absolute atomic E-state index is 4.18. The van der Waals surface area contributed by atoms with Crippen LogP contribution in [-0.4, -0.2) is 25.3 Å². The van der Waals surface area contributed by atoms with E-state index in [0.29, 0.717) is 0 Å². The molecule has 2 nitrogen and oxygen atoms in total. The van der Waals surface area contributed by atoms with E-state index in [1.165, 1.54) is 12.8 Å². The van der Waals surface area contributed by atoms with E-state index >= 15 is 0 Å². The van der Waals surface area contributed by atoms with Gasteiger partial charge in [0.1, 0.15) is 0 Å². The predicted molar refractivity (Wildman–Crippen MR) is 72.4 cm³/mol. The van der Waals surface area contributed by atoms with Crippen molar-refractivity contribution in [1.82, 2.24) is 5.01 Å². The van der Waals surface area contributed by atoms with Crippen molar-refractivity contribution in [2.24, 2.45) is 5.10 Å². The van der Waals surface area contributed by atoms with Crippen LogP contribution in [0.1, 0.15) is 32.6 Å². The molecule has 0 N–H and O–H groups in total. The molecule has 2 heteroatoms. The van der Waals surface area contributed by atoms with Crippen LogP contribution in [0.3, 0.4) is 0 Å². The Kier molecular flexibility index (Phi) is 9.11. The molecule has 0 aliphatic rings. The van der Waals surface area contributed by atoms with Gasteiger partial charge in [0, 0.05) is 20.5 Å². The molecule has 0 fully saturated rings. The Labute approximate surface area is 99.7 Å². The molecule has 0 aromatic rings. The predicted octanol–water partition coefficient (Wildman–Crippen LogP) is 3.23. The number of allylic oxidation sites excluding steroid dienone is 3. The number of unbranched alkanes of at least 4 members (excludes halogenated alkanes) is 2. The van der Waals surface area contributed by atoms with E-state index in [2.05, 4.69) is 30.4 Å². The zero-order chi connectivity index (χ0) is 12.2. The third-order valence-corrected chi connectivity index (χ3v) is 1.85. The highest BCUT2D eigenvalue weighted by atomic mass is 15.4. The lowest BCUT2D eigenvalue weighted by Crippen LogP contribution is -2.02. The highest BCUT2D eigenvalue weighted by Crippen LogP contribution is 1.99. The first-order valence-corrected chi connectivity index (χ1v) is 5.70. The van der Waals surface area contributed by atoms with Gasteiger partial charge < -0.3 is 5.01 Å². The van der Waals surface area contributed by atoms with Crippen LogP contribution in [0.5, 0.6) is 0 Å². The van der Waals surface area contributed by atoms with Crippen molar-refractivity contribution in [2.75, 3.05) is 14.1 Å². The first kappa shape index (κ1) is 14.5. The van der Waals surface area contributed by atoms with Crippen LogP contribution < -0.4 is 0 Å². The molecule has 0 saturated heterocycles. The molecular formula is C14H22N2. The maximum Gasteiger partial charge on any atom is 0.0511 e. The van der Waals surface area contributed by atoms with Crippen molar-refractivity contribution in [1.29, 1.82) is 0 Å². The molecule has 0 rings (SSSR count). The van der Waals surface area contributed by atoms with E-state index in [9.17, 15) is 0 Å². The van der Waals surface area contributed by atoms with Gasteiger partial charge in [-0.1, -0.05) is 31.3 Å². The number of nitrogens with zero attached hydrogens (tertiary/aromatic N) is 2. The van der Waals surface area contributed by atoms with Crippen molar-refractivity contribution < 1.29 is 0 Å². The number of hydrazone groups is 1. The number of hydrogen-bond donors (Lipinski definition) is 0. The average molecular weight is 218 g/mol. The Bertz CT molecular complexity index is 300. The SMILES string of the molecule is C=CCC(=C/C#CCCCC)/C=N/N(C)C. The molecule has 0 aromatic heterocycles. The summed E-state index contributed by atoms with van der Waals surface area (Å²) in [5.41, 5.74) is 1.09. The first-order valence-electron chi connectivity index (χ1n) is 5.70. The van der Waals surface area contributed by atoms with E-state index in [0.717, 1.165) is 18.4 Å². The van der Waals surface area contributed by atoms with E-state index in [-0.39, 0.29) is 0 Å². The highest BCUT2D eigenvalue weighted by molar-refractivity contribution is 5.79. The van der Waals surface area contributed by atoms with E-state index in [1.807, 2.05) is 32.5 Å². The second-order valence-electron chi connectivity index (χ2n) is 3.73. The molecule has 88 valence electrons. The Morgan fingerprint density at radius 2 is 2.19 bits per heavy atom. The zero-order valence-electron chi connectivity index (χ0n) is 10.7. The van der Waals surface area contributed by atoms with Crippen molar-refractivity contribution in [3.8, 4) is 11.8 Å². The van der Waals surface area contributed by atoms with Gasteiger partial charge in [0.15, 0.2) is 0 Å². The maximum atomic E-state index is 4.18. The number of rotatable bonds is 6. The lowest BCUT2D eigenvalue weighted by molar-refractivity contribution is 0.440. The molecule has 0 saturated carbocycles. The van der Waals surface area contributed by atoms with E-state index in [4.69, 9.17) is 0 Å². The van der Waals surface area contributed by atoms with Crippen LogP contribution in [0.4, 0.5) is 0 Å². The van der Waals surface area contributed by atoms with Crippen molar-refractivity contribution in [3.63, 3.8) is 0 Å². The molecule has 16 heavy (non-hydrogen) atoms. The minimum Gasteiger partial charge on any atom is -0.303 e. The highest BCUT2D eigenvalue weighted by Gasteiger charge is 1.88. The van der Waals surface area contributed by atoms with Gasteiger partial charge in [-0.3, -0.25) is 0 Å². The third-order valence-electron chi connectivity index (χ3n) is 1.85. The smallest absolute Gasteiger partial charge is 0.0511 e. The molecule has 0 aromatic carbocycles. The monoisotopic (exact) mass is 218 g/mol. The summed E-state index contributed by atoms with van der Waals surface area (Å²) in [4.78, 5) is 0. The summed E-state index contributed by atoms with van der Waals surface area (Å²) in [5.74, 6) is 6.19. The van der Waals surface area contributed by atoms with Gasteiger partial charge in [0.05, 0.1) is 6.21 Å².